The van der Waals surface area contributed by atoms with Crippen LogP contribution in [-0.2, 0) is 0 Å². The molecule has 0 spiro atoms. The van der Waals surface area contributed by atoms with E-state index >= 15 is 0 Å². The molecule has 0 heterocycles. The molecular weight excluding hydrogens is 207 g/mol. The number of benzene rings is 1. The summed E-state index contributed by atoms with van der Waals surface area (Å²) in [7, 11) is 0. The van der Waals surface area contributed by atoms with E-state index < -0.39 is 13.6 Å². The minimum atomic E-state index is -1.89. The van der Waals surface area contributed by atoms with Crippen LogP contribution < -0.4 is 4.35 Å². The summed E-state index contributed by atoms with van der Waals surface area (Å²) < 4.78 is 1.40. The van der Waals surface area contributed by atoms with E-state index in [0.717, 1.165) is 0 Å². The number of hydrogen-bond donors (Lipinski definition) is 0. The average molecular weight is 221 g/mol. The Labute approximate surface area is 77.1 Å². The quantitative estimate of drug-likeness (QED) is 0.687. The van der Waals surface area contributed by atoms with Crippen molar-refractivity contribution in [2.45, 2.75) is 5.71 Å². The van der Waals surface area contributed by atoms with Gasteiger partial charge >= 0.3 is 76.8 Å². The number of hydrogen-bond acceptors (Lipinski definition) is 0. The second kappa shape index (κ2) is 3.78. The van der Waals surface area contributed by atoms with Crippen LogP contribution in [-0.4, -0.2) is 13.6 Å². The molecule has 0 atom stereocenters. The fourth-order valence-corrected chi connectivity index (χ4v) is 3.94. The van der Waals surface area contributed by atoms with E-state index in [-0.39, 0.29) is 0 Å². The van der Waals surface area contributed by atoms with Gasteiger partial charge in [0.25, 0.3) is 0 Å². The van der Waals surface area contributed by atoms with Crippen LogP contribution in [0.3, 0.4) is 0 Å². The first kappa shape index (κ1) is 9.35. The molecule has 0 aliphatic carbocycles. The van der Waals surface area contributed by atoms with Crippen molar-refractivity contribution in [1.29, 1.82) is 0 Å². The molecular formula is C11H14As+. The van der Waals surface area contributed by atoms with Gasteiger partial charge in [0.1, 0.15) is 0 Å². The monoisotopic (exact) mass is 221 g/mol. The summed E-state index contributed by atoms with van der Waals surface area (Å²) in [6, 6.07) is 10.5. The van der Waals surface area contributed by atoms with Crippen molar-refractivity contribution in [3.63, 3.8) is 0 Å². The molecule has 1 heteroatoms. The van der Waals surface area contributed by atoms with Gasteiger partial charge in [-0.25, -0.2) is 0 Å². The van der Waals surface area contributed by atoms with Crippen LogP contribution in [0.5, 0.6) is 0 Å². The molecule has 0 aliphatic heterocycles. The average Bonchev–Trinajstić information content (AvgIpc) is 2.18. The van der Waals surface area contributed by atoms with Crippen LogP contribution in [0.1, 0.15) is 0 Å². The summed E-state index contributed by atoms with van der Waals surface area (Å²) in [6.45, 7) is 7.77. The van der Waals surface area contributed by atoms with Gasteiger partial charge in [-0.1, -0.05) is 0 Å². The molecule has 0 fully saturated rings. The molecule has 0 bridgehead atoms. The third-order valence-corrected chi connectivity index (χ3v) is 8.21. The second-order valence-electron chi connectivity index (χ2n) is 2.85. The van der Waals surface area contributed by atoms with Gasteiger partial charge in [-0.3, -0.25) is 0 Å². The molecule has 0 nitrogen and oxygen atoms in total. The van der Waals surface area contributed by atoms with Crippen molar-refractivity contribution in [1.82, 2.24) is 0 Å². The van der Waals surface area contributed by atoms with Crippen LogP contribution in [0.4, 0.5) is 0 Å². The molecule has 0 saturated carbocycles. The van der Waals surface area contributed by atoms with Crippen molar-refractivity contribution in [2.24, 2.45) is 0 Å². The molecule has 0 N–H and O–H groups in total. The van der Waals surface area contributed by atoms with E-state index in [4.69, 9.17) is 0 Å². The van der Waals surface area contributed by atoms with Crippen molar-refractivity contribution in [3.8, 4) is 0 Å². The molecule has 0 saturated heterocycles. The summed E-state index contributed by atoms with van der Waals surface area (Å²) in [5.74, 6) is 0. The molecule has 12 heavy (non-hydrogen) atoms. The first-order valence-corrected chi connectivity index (χ1v) is 8.90. The third-order valence-electron chi connectivity index (χ3n) is 2.07. The fraction of sp³-hybridized carbons (Fsp3) is 0.0909. The first-order chi connectivity index (χ1) is 5.73. The SMILES string of the molecule is C=C[As+](C)(C=C)c1ccccc1. The Morgan fingerprint density at radius 2 is 1.58 bits per heavy atom. The van der Waals surface area contributed by atoms with Gasteiger partial charge in [-0.2, -0.15) is 0 Å². The number of rotatable bonds is 3. The Morgan fingerprint density at radius 3 is 2.00 bits per heavy atom. The molecule has 0 aromatic heterocycles. The second-order valence-corrected chi connectivity index (χ2v) is 10.3. The topological polar surface area (TPSA) is 0 Å². The van der Waals surface area contributed by atoms with Gasteiger partial charge in [0.15, 0.2) is 0 Å². The predicted octanol–water partition coefficient (Wildman–Crippen LogP) is 2.42. The molecule has 62 valence electrons. The summed E-state index contributed by atoms with van der Waals surface area (Å²) >= 11 is -1.89. The van der Waals surface area contributed by atoms with Crippen LogP contribution in [0, 0.1) is 0 Å². The van der Waals surface area contributed by atoms with Gasteiger partial charge in [0.05, 0.1) is 0 Å². The van der Waals surface area contributed by atoms with Crippen LogP contribution in [0.25, 0.3) is 0 Å². The summed E-state index contributed by atoms with van der Waals surface area (Å²) in [6.07, 6.45) is 0. The van der Waals surface area contributed by atoms with E-state index in [1.165, 1.54) is 4.35 Å². The Morgan fingerprint density at radius 1 is 1.08 bits per heavy atom. The summed E-state index contributed by atoms with van der Waals surface area (Å²) in [5.41, 5.74) is 2.27. The van der Waals surface area contributed by atoms with Crippen molar-refractivity contribution in [2.75, 3.05) is 0 Å². The molecule has 1 rings (SSSR count). The molecule has 0 aliphatic rings. The van der Waals surface area contributed by atoms with E-state index in [9.17, 15) is 0 Å². The van der Waals surface area contributed by atoms with E-state index in [0.29, 0.717) is 0 Å². The standard InChI is InChI=1S/C11H14As/c1-4-12(3,5-2)11-9-7-6-8-10-11/h4-10H,1-2H2,3H3/q+1. The summed E-state index contributed by atoms with van der Waals surface area (Å²) in [4.78, 5) is 4.17. The zero-order chi connectivity index (χ0) is 9.03. The van der Waals surface area contributed by atoms with E-state index in [2.05, 4.69) is 52.9 Å². The minimum absolute atomic E-state index is 1.40. The zero-order valence-corrected chi connectivity index (χ0v) is 9.28. The van der Waals surface area contributed by atoms with Gasteiger partial charge < -0.3 is 0 Å². The Hall–Kier alpha value is -0.742. The first-order valence-electron chi connectivity index (χ1n) is 3.91. The summed E-state index contributed by atoms with van der Waals surface area (Å²) in [5, 5.41) is 0. The van der Waals surface area contributed by atoms with E-state index in [1.807, 2.05) is 6.07 Å². The molecule has 0 radical (unpaired) electrons. The molecule has 0 amide bonds. The maximum absolute atomic E-state index is 3.89. The Balaban J connectivity index is 3.11. The molecule has 1 aromatic rings. The zero-order valence-electron chi connectivity index (χ0n) is 7.40. The maximum atomic E-state index is 3.89. The van der Waals surface area contributed by atoms with Crippen molar-refractivity contribution < 1.29 is 0 Å². The molecule has 1 aromatic carbocycles. The van der Waals surface area contributed by atoms with Gasteiger partial charge in [0, 0.05) is 0 Å². The van der Waals surface area contributed by atoms with E-state index in [1.54, 1.807) is 0 Å². The van der Waals surface area contributed by atoms with Gasteiger partial charge in [-0.15, -0.1) is 0 Å². The van der Waals surface area contributed by atoms with Gasteiger partial charge in [0.2, 0.25) is 0 Å². The molecule has 0 unspecified atom stereocenters. The van der Waals surface area contributed by atoms with Gasteiger partial charge in [-0.05, 0) is 0 Å². The normalized spacial score (nSPS) is 10.8. The van der Waals surface area contributed by atoms with Crippen LogP contribution in [0.15, 0.2) is 53.2 Å². The Bertz CT molecular complexity index is 266. The third kappa shape index (κ3) is 1.70. The fourth-order valence-electron chi connectivity index (χ4n) is 1.03. The Kier molecular flexibility index (Phi) is 2.94. The van der Waals surface area contributed by atoms with Crippen molar-refractivity contribution >= 4 is 17.9 Å². The predicted molar refractivity (Wildman–Crippen MR) is 58.1 cm³/mol. The van der Waals surface area contributed by atoms with Crippen molar-refractivity contribution in [3.05, 3.63) is 53.2 Å². The van der Waals surface area contributed by atoms with Crippen LogP contribution in [0.2, 0.25) is 5.71 Å². The van der Waals surface area contributed by atoms with Crippen LogP contribution >= 0.6 is 0 Å².